The van der Waals surface area contributed by atoms with Crippen LogP contribution in [0.3, 0.4) is 0 Å². The van der Waals surface area contributed by atoms with Gasteiger partial charge in [-0.25, -0.2) is 14.4 Å². The van der Waals surface area contributed by atoms with E-state index in [4.69, 9.17) is 4.98 Å². The summed E-state index contributed by atoms with van der Waals surface area (Å²) >= 11 is 1.69. The van der Waals surface area contributed by atoms with Gasteiger partial charge < -0.3 is 15.5 Å². The molecule has 1 saturated heterocycles. The van der Waals surface area contributed by atoms with Crippen LogP contribution in [0, 0.1) is 12.7 Å². The molecule has 0 radical (unpaired) electrons. The van der Waals surface area contributed by atoms with Crippen molar-refractivity contribution >= 4 is 47.1 Å². The molecule has 6 nitrogen and oxygen atoms in total. The van der Waals surface area contributed by atoms with Crippen LogP contribution in [0.4, 0.5) is 10.2 Å². The Labute approximate surface area is 203 Å². The molecule has 9 heteroatoms. The second-order valence-corrected chi connectivity index (χ2v) is 8.29. The zero-order valence-electron chi connectivity index (χ0n) is 17.5. The number of thiazole rings is 1. The minimum atomic E-state index is -0.282. The first kappa shape index (κ1) is 23.4. The zero-order valence-corrected chi connectivity index (χ0v) is 20.7. The van der Waals surface area contributed by atoms with Crippen molar-refractivity contribution in [2.75, 3.05) is 25.0 Å². The number of rotatable bonds is 5. The number of aliphatic imine (C=N–C) groups is 1. The van der Waals surface area contributed by atoms with Gasteiger partial charge in [-0.15, -0.1) is 35.3 Å². The van der Waals surface area contributed by atoms with Crippen molar-refractivity contribution in [3.8, 4) is 10.6 Å². The first-order valence-corrected chi connectivity index (χ1v) is 10.8. The summed E-state index contributed by atoms with van der Waals surface area (Å²) in [6, 6.07) is 13.5. The Morgan fingerprint density at radius 1 is 1.26 bits per heavy atom. The fourth-order valence-corrected chi connectivity index (χ4v) is 4.54. The van der Waals surface area contributed by atoms with Crippen LogP contribution < -0.4 is 15.5 Å². The molecule has 1 unspecified atom stereocenters. The average Bonchev–Trinajstić information content (AvgIpc) is 3.38. The van der Waals surface area contributed by atoms with Crippen LogP contribution in [-0.2, 0) is 6.54 Å². The van der Waals surface area contributed by atoms with Gasteiger partial charge in [0, 0.05) is 42.8 Å². The molecule has 3 aromatic rings. The molecule has 1 fully saturated rings. The molecule has 1 atom stereocenters. The maximum absolute atomic E-state index is 14.0. The third kappa shape index (κ3) is 5.70. The molecule has 0 aliphatic carbocycles. The van der Waals surface area contributed by atoms with E-state index in [1.54, 1.807) is 30.6 Å². The number of nitrogens with one attached hydrogen (secondary N) is 2. The Kier molecular flexibility index (Phi) is 8.19. The second kappa shape index (κ2) is 10.9. The number of guanidine groups is 1. The van der Waals surface area contributed by atoms with E-state index >= 15 is 0 Å². The summed E-state index contributed by atoms with van der Waals surface area (Å²) in [4.78, 5) is 16.4. The Hall–Kier alpha value is -2.27. The van der Waals surface area contributed by atoms with Crippen molar-refractivity contribution in [3.63, 3.8) is 0 Å². The van der Waals surface area contributed by atoms with Gasteiger partial charge in [0.05, 0.1) is 12.2 Å². The van der Waals surface area contributed by atoms with Gasteiger partial charge in [0.15, 0.2) is 17.6 Å². The summed E-state index contributed by atoms with van der Waals surface area (Å²) in [6.45, 7) is 4.14. The molecule has 4 rings (SSSR count). The van der Waals surface area contributed by atoms with E-state index in [9.17, 15) is 4.39 Å². The van der Waals surface area contributed by atoms with Gasteiger partial charge in [-0.1, -0.05) is 30.3 Å². The predicted molar refractivity (Wildman–Crippen MR) is 136 cm³/mol. The third-order valence-corrected chi connectivity index (χ3v) is 6.33. The van der Waals surface area contributed by atoms with Crippen LogP contribution >= 0.6 is 35.3 Å². The van der Waals surface area contributed by atoms with Gasteiger partial charge in [-0.2, -0.15) is 0 Å². The van der Waals surface area contributed by atoms with E-state index in [-0.39, 0.29) is 35.8 Å². The topological polar surface area (TPSA) is 65.4 Å². The van der Waals surface area contributed by atoms with E-state index in [1.165, 1.54) is 10.9 Å². The summed E-state index contributed by atoms with van der Waals surface area (Å²) in [5, 5.41) is 7.85. The van der Waals surface area contributed by atoms with Crippen LogP contribution in [0.2, 0.25) is 0 Å². The molecular weight excluding hydrogens is 526 g/mol. The molecule has 3 heterocycles. The lowest BCUT2D eigenvalue weighted by atomic mass is 10.2. The Balaban J connectivity index is 0.00000272. The highest BCUT2D eigenvalue weighted by atomic mass is 127. The number of hydrogen-bond acceptors (Lipinski definition) is 5. The van der Waals surface area contributed by atoms with Crippen molar-refractivity contribution < 1.29 is 4.39 Å². The van der Waals surface area contributed by atoms with Crippen molar-refractivity contribution in [3.05, 3.63) is 65.0 Å². The van der Waals surface area contributed by atoms with Gasteiger partial charge in [0.25, 0.3) is 0 Å². The molecule has 31 heavy (non-hydrogen) atoms. The molecule has 1 aliphatic heterocycles. The van der Waals surface area contributed by atoms with Crippen LogP contribution in [0.25, 0.3) is 10.6 Å². The number of benzene rings is 1. The first-order chi connectivity index (χ1) is 14.6. The van der Waals surface area contributed by atoms with Gasteiger partial charge in [0.2, 0.25) is 0 Å². The lowest BCUT2D eigenvalue weighted by Crippen LogP contribution is -2.44. The fourth-order valence-electron chi connectivity index (χ4n) is 3.53. The number of halogens is 2. The quantitative estimate of drug-likeness (QED) is 0.282. The Morgan fingerprint density at radius 3 is 2.81 bits per heavy atom. The minimum Gasteiger partial charge on any atom is -0.352 e. The molecule has 2 N–H and O–H groups in total. The summed E-state index contributed by atoms with van der Waals surface area (Å²) in [5.41, 5.74) is 2.16. The number of hydrogen-bond donors (Lipinski definition) is 2. The summed E-state index contributed by atoms with van der Waals surface area (Å²) in [5.74, 6) is 0.867. The molecule has 0 bridgehead atoms. The molecule has 1 aromatic carbocycles. The minimum absolute atomic E-state index is 0. The summed E-state index contributed by atoms with van der Waals surface area (Å²) < 4.78 is 14.0. The molecule has 0 saturated carbocycles. The van der Waals surface area contributed by atoms with Crippen molar-refractivity contribution in [1.82, 2.24) is 20.6 Å². The number of aromatic nitrogens is 2. The van der Waals surface area contributed by atoms with E-state index in [1.807, 2.05) is 30.0 Å². The average molecular weight is 552 g/mol. The predicted octanol–water partition coefficient (Wildman–Crippen LogP) is 4.21. The van der Waals surface area contributed by atoms with Gasteiger partial charge in [-0.3, -0.25) is 4.99 Å². The molecule has 0 amide bonds. The van der Waals surface area contributed by atoms with E-state index < -0.39 is 0 Å². The molecular formula is C22H26FIN6S. The molecule has 2 aromatic heterocycles. The lowest BCUT2D eigenvalue weighted by molar-refractivity contribution is 0.612. The van der Waals surface area contributed by atoms with Gasteiger partial charge in [-0.05, 0) is 25.5 Å². The smallest absolute Gasteiger partial charge is 0.191 e. The SMILES string of the molecule is CN=C(NCc1sc(-c2ccccc2)nc1C)NC1CCN(c2ncccc2F)C1.I. The Morgan fingerprint density at radius 2 is 2.06 bits per heavy atom. The highest BCUT2D eigenvalue weighted by molar-refractivity contribution is 14.0. The largest absolute Gasteiger partial charge is 0.352 e. The standard InChI is InChI=1S/C22H25FN6S.HI/c1-15-19(30-21(27-15)16-7-4-3-5-8-16)13-26-22(24-2)28-17-10-12-29(14-17)20-18(23)9-6-11-25-20;/h3-9,11,17H,10,12-14H2,1-2H3,(H2,24,26,28);1H. The van der Waals surface area contributed by atoms with Crippen LogP contribution in [-0.4, -0.2) is 42.1 Å². The van der Waals surface area contributed by atoms with Crippen LogP contribution in [0.1, 0.15) is 17.0 Å². The number of nitrogens with zero attached hydrogens (tertiary/aromatic N) is 4. The molecule has 0 spiro atoms. The lowest BCUT2D eigenvalue weighted by Gasteiger charge is -2.19. The maximum atomic E-state index is 14.0. The molecule has 164 valence electrons. The van der Waals surface area contributed by atoms with Crippen molar-refractivity contribution in [2.45, 2.75) is 25.9 Å². The molecule has 1 aliphatic rings. The normalized spacial score (nSPS) is 16.2. The third-order valence-electron chi connectivity index (χ3n) is 5.12. The van der Waals surface area contributed by atoms with E-state index in [0.29, 0.717) is 18.9 Å². The number of aryl methyl sites for hydroxylation is 1. The monoisotopic (exact) mass is 552 g/mol. The van der Waals surface area contributed by atoms with Gasteiger partial charge in [0.1, 0.15) is 5.01 Å². The Bertz CT molecular complexity index is 1030. The highest BCUT2D eigenvalue weighted by Gasteiger charge is 2.26. The van der Waals surface area contributed by atoms with Crippen LogP contribution in [0.5, 0.6) is 0 Å². The van der Waals surface area contributed by atoms with E-state index in [2.05, 4.69) is 32.7 Å². The van der Waals surface area contributed by atoms with E-state index in [0.717, 1.165) is 35.2 Å². The zero-order chi connectivity index (χ0) is 20.9. The number of anilines is 1. The second-order valence-electron chi connectivity index (χ2n) is 7.20. The maximum Gasteiger partial charge on any atom is 0.191 e. The highest BCUT2D eigenvalue weighted by Crippen LogP contribution is 2.27. The van der Waals surface area contributed by atoms with Crippen LogP contribution in [0.15, 0.2) is 53.7 Å². The fraction of sp³-hybridized carbons (Fsp3) is 0.318. The number of pyridine rings is 1. The summed E-state index contributed by atoms with van der Waals surface area (Å²) in [7, 11) is 1.76. The first-order valence-electron chi connectivity index (χ1n) is 9.98. The van der Waals surface area contributed by atoms with Gasteiger partial charge >= 0.3 is 0 Å². The summed E-state index contributed by atoms with van der Waals surface area (Å²) in [6.07, 6.45) is 2.52. The van der Waals surface area contributed by atoms with Crippen molar-refractivity contribution in [2.24, 2.45) is 4.99 Å². The van der Waals surface area contributed by atoms with Crippen molar-refractivity contribution in [1.29, 1.82) is 0 Å².